The predicted octanol–water partition coefficient (Wildman–Crippen LogP) is -1.54. The van der Waals surface area contributed by atoms with Gasteiger partial charge in [-0.25, -0.2) is 0 Å². The van der Waals surface area contributed by atoms with Crippen LogP contribution in [0.2, 0.25) is 0 Å². The third-order valence-corrected chi connectivity index (χ3v) is 3.63. The largest absolute Gasteiger partial charge is 0.371 e. The van der Waals surface area contributed by atoms with Gasteiger partial charge in [0.2, 0.25) is 0 Å². The molecule has 1 N–H and O–H groups in total. The lowest BCUT2D eigenvalue weighted by Gasteiger charge is -2.28. The Morgan fingerprint density at radius 3 is 3.07 bits per heavy atom. The highest BCUT2D eigenvalue weighted by Crippen LogP contribution is 2.31. The van der Waals surface area contributed by atoms with Crippen LogP contribution < -0.4 is 5.32 Å². The van der Waals surface area contributed by atoms with Crippen LogP contribution in [0.25, 0.3) is 0 Å². The van der Waals surface area contributed by atoms with Gasteiger partial charge in [-0.3, -0.25) is 0 Å². The predicted molar refractivity (Wildman–Crippen MR) is 73.1 cm³/mol. The third-order valence-electron chi connectivity index (χ3n) is 2.58. The minimum atomic E-state index is 0.165. The summed E-state index contributed by atoms with van der Waals surface area (Å²) in [5.41, 5.74) is 1.48. The summed E-state index contributed by atoms with van der Waals surface area (Å²) in [6, 6.07) is 2.23. The van der Waals surface area contributed by atoms with E-state index >= 15 is 0 Å². The summed E-state index contributed by atoms with van der Waals surface area (Å²) in [5, 5.41) is 5.84. The Morgan fingerprint density at radius 1 is 1.53 bits per heavy atom. The van der Waals surface area contributed by atoms with Crippen LogP contribution >= 0.6 is 11.3 Å². The number of fused-ring (bicyclic) bond motifs is 1. The molecule has 0 bridgehead atoms. The lowest BCUT2D eigenvalue weighted by atomic mass is 9.49. The normalized spacial score (nSPS) is 21.2. The summed E-state index contributed by atoms with van der Waals surface area (Å²) < 4.78 is 5.81. The summed E-state index contributed by atoms with van der Waals surface area (Å²) >= 11 is 1.82. The molecule has 6 heteroatoms. The van der Waals surface area contributed by atoms with Crippen LogP contribution in [0.4, 0.5) is 0 Å². The summed E-state index contributed by atoms with van der Waals surface area (Å²) in [7, 11) is 6.56. The molecule has 0 saturated heterocycles. The average molecular weight is 219 g/mol. The summed E-state index contributed by atoms with van der Waals surface area (Å²) in [6.45, 7) is 1.78. The van der Waals surface area contributed by atoms with E-state index in [2.05, 4.69) is 40.3 Å². The molecule has 78 valence electrons. The van der Waals surface area contributed by atoms with E-state index in [0.29, 0.717) is 0 Å². The zero-order chi connectivity index (χ0) is 10.9. The van der Waals surface area contributed by atoms with E-state index in [0.717, 1.165) is 19.6 Å². The van der Waals surface area contributed by atoms with E-state index in [9.17, 15) is 0 Å². The second kappa shape index (κ2) is 4.36. The fraction of sp³-hybridized carbons (Fsp3) is 0.556. The Hall–Kier alpha value is -0.185. The van der Waals surface area contributed by atoms with Gasteiger partial charge in [0.1, 0.15) is 29.6 Å². The van der Waals surface area contributed by atoms with E-state index in [1.165, 1.54) is 10.4 Å². The van der Waals surface area contributed by atoms with Gasteiger partial charge >= 0.3 is 0 Å². The molecule has 2 nitrogen and oxygen atoms in total. The van der Waals surface area contributed by atoms with Crippen molar-refractivity contribution in [1.29, 1.82) is 0 Å². The van der Waals surface area contributed by atoms with Gasteiger partial charge in [-0.05, 0) is 23.4 Å². The van der Waals surface area contributed by atoms with Crippen molar-refractivity contribution in [2.24, 2.45) is 0 Å². The van der Waals surface area contributed by atoms with Crippen molar-refractivity contribution in [3.8, 4) is 0 Å². The zero-order valence-corrected chi connectivity index (χ0v) is 10.5. The SMILES string of the molecule is BC(B)(B)NC[C@@H]1OCCc2ccsc21. The van der Waals surface area contributed by atoms with Crippen molar-refractivity contribution in [2.45, 2.75) is 17.8 Å². The van der Waals surface area contributed by atoms with E-state index in [-0.39, 0.29) is 11.3 Å². The lowest BCUT2D eigenvalue weighted by molar-refractivity contribution is 0.0455. The van der Waals surface area contributed by atoms with Crippen molar-refractivity contribution in [3.05, 3.63) is 21.9 Å². The van der Waals surface area contributed by atoms with Gasteiger partial charge < -0.3 is 10.1 Å². The summed E-state index contributed by atoms with van der Waals surface area (Å²) in [6.07, 6.45) is 1.33. The molecule has 0 aromatic carbocycles. The molecule has 2 heterocycles. The van der Waals surface area contributed by atoms with Crippen molar-refractivity contribution in [2.75, 3.05) is 13.2 Å². The van der Waals surface area contributed by atoms with Crippen LogP contribution in [0.3, 0.4) is 0 Å². The maximum absolute atomic E-state index is 5.81. The highest BCUT2D eigenvalue weighted by molar-refractivity contribution is 7.10. The van der Waals surface area contributed by atoms with Crippen molar-refractivity contribution < 1.29 is 4.74 Å². The maximum Gasteiger partial charge on any atom is 0.106 e. The average Bonchev–Trinajstić information content (AvgIpc) is 2.61. The Kier molecular flexibility index (Phi) is 3.28. The number of hydrogen-bond acceptors (Lipinski definition) is 3. The first-order valence-corrected chi connectivity index (χ1v) is 6.37. The van der Waals surface area contributed by atoms with E-state index < -0.39 is 0 Å². The number of rotatable bonds is 3. The highest BCUT2D eigenvalue weighted by Gasteiger charge is 2.23. The lowest BCUT2D eigenvalue weighted by Crippen LogP contribution is -2.49. The summed E-state index contributed by atoms with van der Waals surface area (Å²) in [5.74, 6) is 0. The quantitative estimate of drug-likeness (QED) is 0.622. The van der Waals surface area contributed by atoms with Gasteiger partial charge in [-0.1, -0.05) is 5.24 Å². The minimum Gasteiger partial charge on any atom is -0.371 e. The van der Waals surface area contributed by atoms with Crippen LogP contribution in [0.1, 0.15) is 16.5 Å². The Morgan fingerprint density at radius 2 is 2.33 bits per heavy atom. The molecule has 1 aliphatic rings. The monoisotopic (exact) mass is 219 g/mol. The molecular formula is C9H16B3NOS. The molecule has 1 aliphatic heterocycles. The minimum absolute atomic E-state index is 0.165. The standard InChI is InChI=1S/C9H16B3NOS/c10-9(11,12)13-5-7-8-6(1-3-14-7)2-4-15-8/h2,4,7,13H,1,3,5,10-12H2/t7-/m0/s1. The second-order valence-electron chi connectivity index (χ2n) is 5.05. The van der Waals surface area contributed by atoms with Crippen LogP contribution in [-0.2, 0) is 11.2 Å². The van der Waals surface area contributed by atoms with Crippen LogP contribution in [0.15, 0.2) is 11.4 Å². The van der Waals surface area contributed by atoms with Gasteiger partial charge in [0, 0.05) is 11.4 Å². The Balaban J connectivity index is 2.01. The Bertz CT molecular complexity index is 336. The van der Waals surface area contributed by atoms with Gasteiger partial charge in [-0.2, -0.15) is 0 Å². The molecule has 0 fully saturated rings. The third kappa shape index (κ3) is 2.89. The molecule has 0 amide bonds. The fourth-order valence-corrected chi connectivity index (χ4v) is 2.78. The molecule has 1 aromatic heterocycles. The van der Waals surface area contributed by atoms with Crippen molar-refractivity contribution >= 4 is 34.9 Å². The molecular weight excluding hydrogens is 203 g/mol. The van der Waals surface area contributed by atoms with Crippen LogP contribution in [0, 0.1) is 0 Å². The van der Waals surface area contributed by atoms with Crippen LogP contribution in [-0.4, -0.2) is 41.9 Å². The molecule has 0 spiro atoms. The Labute approximate surface area is 98.0 Å². The van der Waals surface area contributed by atoms with Gasteiger partial charge in [0.25, 0.3) is 0 Å². The first kappa shape index (κ1) is 11.3. The smallest absolute Gasteiger partial charge is 0.106 e. The van der Waals surface area contributed by atoms with E-state index in [1.807, 2.05) is 11.3 Å². The molecule has 15 heavy (non-hydrogen) atoms. The molecule has 0 radical (unpaired) electrons. The number of ether oxygens (including phenoxy) is 1. The zero-order valence-electron chi connectivity index (χ0n) is 9.67. The van der Waals surface area contributed by atoms with Crippen LogP contribution in [0.5, 0.6) is 0 Å². The van der Waals surface area contributed by atoms with Crippen molar-refractivity contribution in [1.82, 2.24) is 5.32 Å². The summed E-state index contributed by atoms with van der Waals surface area (Å²) in [4.78, 5) is 1.41. The maximum atomic E-state index is 5.81. The van der Waals surface area contributed by atoms with E-state index in [4.69, 9.17) is 4.74 Å². The molecule has 0 saturated carbocycles. The highest BCUT2D eigenvalue weighted by atomic mass is 32.1. The molecule has 2 rings (SSSR count). The van der Waals surface area contributed by atoms with Gasteiger partial charge in [0.15, 0.2) is 0 Å². The number of nitrogens with one attached hydrogen (secondary N) is 1. The van der Waals surface area contributed by atoms with Gasteiger partial charge in [0.05, 0.1) is 6.61 Å². The second-order valence-corrected chi connectivity index (χ2v) is 6.00. The first-order chi connectivity index (χ1) is 7.06. The number of thiophene rings is 1. The molecule has 1 atom stereocenters. The topological polar surface area (TPSA) is 21.3 Å². The molecule has 1 aromatic rings. The van der Waals surface area contributed by atoms with Gasteiger partial charge in [-0.15, -0.1) is 11.3 Å². The fourth-order valence-electron chi connectivity index (χ4n) is 1.77. The molecule has 0 unspecified atom stereocenters. The number of hydrogen-bond donors (Lipinski definition) is 1. The van der Waals surface area contributed by atoms with Crippen molar-refractivity contribution in [3.63, 3.8) is 0 Å². The molecule has 0 aliphatic carbocycles. The first-order valence-electron chi connectivity index (χ1n) is 5.49. The van der Waals surface area contributed by atoms with E-state index in [1.54, 1.807) is 0 Å².